The van der Waals surface area contributed by atoms with Gasteiger partial charge in [-0.15, -0.1) is 5.10 Å². The van der Waals surface area contributed by atoms with Crippen LogP contribution in [0.1, 0.15) is 37.1 Å². The highest BCUT2D eigenvalue weighted by Gasteiger charge is 2.29. The SMILES string of the molecule is COC(=O)[C@H]1CCC[C@H](Oc2ccc(-c3nnn(C)c3CC(=O)O)nc2C)C1. The number of aryl methyl sites for hydroxylation is 2. The van der Waals surface area contributed by atoms with Gasteiger partial charge in [-0.2, -0.15) is 0 Å². The van der Waals surface area contributed by atoms with Crippen LogP contribution in [0.3, 0.4) is 0 Å². The summed E-state index contributed by atoms with van der Waals surface area (Å²) in [5.41, 5.74) is 2.15. The molecule has 1 fully saturated rings. The molecule has 2 aromatic heterocycles. The molecule has 0 amide bonds. The molecule has 9 heteroatoms. The van der Waals surface area contributed by atoms with Gasteiger partial charge in [0.25, 0.3) is 0 Å². The van der Waals surface area contributed by atoms with E-state index in [4.69, 9.17) is 14.6 Å². The predicted molar refractivity (Wildman–Crippen MR) is 98.7 cm³/mol. The Morgan fingerprint density at radius 3 is 2.79 bits per heavy atom. The van der Waals surface area contributed by atoms with Crippen molar-refractivity contribution >= 4 is 11.9 Å². The van der Waals surface area contributed by atoms with Crippen LogP contribution in [0.4, 0.5) is 0 Å². The Morgan fingerprint density at radius 1 is 1.32 bits per heavy atom. The summed E-state index contributed by atoms with van der Waals surface area (Å²) < 4.78 is 12.4. The molecule has 28 heavy (non-hydrogen) atoms. The van der Waals surface area contributed by atoms with Gasteiger partial charge in [0.15, 0.2) is 0 Å². The lowest BCUT2D eigenvalue weighted by molar-refractivity contribution is -0.147. The predicted octanol–water partition coefficient (Wildman–Crippen LogP) is 1.92. The van der Waals surface area contributed by atoms with E-state index in [1.165, 1.54) is 11.8 Å². The molecule has 1 aliphatic rings. The van der Waals surface area contributed by atoms with Gasteiger partial charge in [-0.1, -0.05) is 5.21 Å². The second-order valence-electron chi connectivity index (χ2n) is 6.99. The lowest BCUT2D eigenvalue weighted by atomic mass is 9.87. The Labute approximate surface area is 162 Å². The molecule has 2 atom stereocenters. The summed E-state index contributed by atoms with van der Waals surface area (Å²) >= 11 is 0. The van der Waals surface area contributed by atoms with Crippen molar-refractivity contribution in [1.82, 2.24) is 20.0 Å². The number of nitrogens with zero attached hydrogens (tertiary/aromatic N) is 4. The fourth-order valence-electron chi connectivity index (χ4n) is 3.53. The smallest absolute Gasteiger partial charge is 0.309 e. The number of aromatic nitrogens is 4. The van der Waals surface area contributed by atoms with E-state index in [1.807, 2.05) is 6.92 Å². The summed E-state index contributed by atoms with van der Waals surface area (Å²) in [5, 5.41) is 17.1. The number of carboxylic acid groups (broad SMARTS) is 1. The molecule has 0 radical (unpaired) electrons. The Kier molecular flexibility index (Phi) is 5.91. The van der Waals surface area contributed by atoms with Crippen LogP contribution in [0.15, 0.2) is 12.1 Å². The molecule has 0 bridgehead atoms. The number of carboxylic acids is 1. The summed E-state index contributed by atoms with van der Waals surface area (Å²) in [4.78, 5) is 27.4. The normalized spacial score (nSPS) is 19.2. The van der Waals surface area contributed by atoms with Crippen molar-refractivity contribution in [3.05, 3.63) is 23.5 Å². The average Bonchev–Trinajstić information content (AvgIpc) is 3.03. The minimum atomic E-state index is -0.958. The van der Waals surface area contributed by atoms with Gasteiger partial charge in [-0.25, -0.2) is 4.98 Å². The van der Waals surface area contributed by atoms with E-state index in [1.54, 1.807) is 19.2 Å². The molecule has 1 aliphatic carbocycles. The zero-order valence-corrected chi connectivity index (χ0v) is 16.2. The molecule has 0 spiro atoms. The Balaban J connectivity index is 1.76. The van der Waals surface area contributed by atoms with Crippen LogP contribution in [0.5, 0.6) is 5.75 Å². The third-order valence-corrected chi connectivity index (χ3v) is 5.00. The fourth-order valence-corrected chi connectivity index (χ4v) is 3.53. The first kappa shape index (κ1) is 19.8. The summed E-state index contributed by atoms with van der Waals surface area (Å²) in [7, 11) is 3.06. The lowest BCUT2D eigenvalue weighted by Crippen LogP contribution is -2.30. The van der Waals surface area contributed by atoms with Gasteiger partial charge in [0, 0.05) is 7.05 Å². The molecule has 2 aromatic rings. The Morgan fingerprint density at radius 2 is 2.11 bits per heavy atom. The molecular formula is C19H24N4O5. The molecule has 0 unspecified atom stereocenters. The van der Waals surface area contributed by atoms with Gasteiger partial charge in [0.2, 0.25) is 0 Å². The molecular weight excluding hydrogens is 364 g/mol. The lowest BCUT2D eigenvalue weighted by Gasteiger charge is -2.28. The van der Waals surface area contributed by atoms with Crippen molar-refractivity contribution < 1.29 is 24.2 Å². The molecule has 0 aromatic carbocycles. The van der Waals surface area contributed by atoms with Gasteiger partial charge in [-0.3, -0.25) is 14.3 Å². The monoisotopic (exact) mass is 388 g/mol. The van der Waals surface area contributed by atoms with Crippen molar-refractivity contribution in [2.24, 2.45) is 13.0 Å². The first-order valence-corrected chi connectivity index (χ1v) is 9.22. The summed E-state index contributed by atoms with van der Waals surface area (Å²) in [6.07, 6.45) is 2.98. The van der Waals surface area contributed by atoms with Gasteiger partial charge < -0.3 is 14.6 Å². The number of methoxy groups -OCH3 is 1. The second-order valence-corrected chi connectivity index (χ2v) is 6.99. The third-order valence-electron chi connectivity index (χ3n) is 5.00. The fraction of sp³-hybridized carbons (Fsp3) is 0.526. The first-order valence-electron chi connectivity index (χ1n) is 9.22. The van der Waals surface area contributed by atoms with Crippen molar-refractivity contribution in [2.75, 3.05) is 7.11 Å². The summed E-state index contributed by atoms with van der Waals surface area (Å²) in [6, 6.07) is 3.55. The maximum absolute atomic E-state index is 11.8. The van der Waals surface area contributed by atoms with Crippen LogP contribution in [0, 0.1) is 12.8 Å². The van der Waals surface area contributed by atoms with E-state index in [0.29, 0.717) is 34.9 Å². The maximum atomic E-state index is 11.8. The number of rotatable bonds is 6. The van der Waals surface area contributed by atoms with E-state index >= 15 is 0 Å². The molecule has 9 nitrogen and oxygen atoms in total. The van der Waals surface area contributed by atoms with Crippen LogP contribution < -0.4 is 4.74 Å². The average molecular weight is 388 g/mol. The zero-order chi connectivity index (χ0) is 20.3. The summed E-state index contributed by atoms with van der Waals surface area (Å²) in [6.45, 7) is 1.83. The van der Waals surface area contributed by atoms with Gasteiger partial charge in [0.1, 0.15) is 11.4 Å². The number of hydrogen-bond acceptors (Lipinski definition) is 7. The van der Waals surface area contributed by atoms with Crippen molar-refractivity contribution in [1.29, 1.82) is 0 Å². The van der Waals surface area contributed by atoms with Crippen LogP contribution in [-0.2, 0) is 27.8 Å². The minimum Gasteiger partial charge on any atom is -0.489 e. The van der Waals surface area contributed by atoms with Crippen molar-refractivity contribution in [2.45, 2.75) is 45.1 Å². The van der Waals surface area contributed by atoms with E-state index in [-0.39, 0.29) is 24.4 Å². The van der Waals surface area contributed by atoms with E-state index in [9.17, 15) is 9.59 Å². The first-order chi connectivity index (χ1) is 13.4. The van der Waals surface area contributed by atoms with Gasteiger partial charge in [0.05, 0.1) is 42.6 Å². The highest BCUT2D eigenvalue weighted by Crippen LogP contribution is 2.30. The van der Waals surface area contributed by atoms with Crippen LogP contribution in [0.2, 0.25) is 0 Å². The molecule has 150 valence electrons. The number of aliphatic carboxylic acids is 1. The zero-order valence-electron chi connectivity index (χ0n) is 16.2. The standard InChI is InChI=1S/C19H24N4O5/c1-11-16(28-13-6-4-5-12(9-13)19(26)27-3)8-7-14(20-11)18-15(10-17(24)25)23(2)22-21-18/h7-8,12-13H,4-6,9-10H2,1-3H3,(H,24,25)/t12-,13-/m0/s1. The Hall–Kier alpha value is -2.97. The van der Waals surface area contributed by atoms with Crippen molar-refractivity contribution in [3.8, 4) is 17.1 Å². The van der Waals surface area contributed by atoms with Crippen LogP contribution in [0.25, 0.3) is 11.4 Å². The van der Waals surface area contributed by atoms with E-state index in [2.05, 4.69) is 15.3 Å². The molecule has 3 rings (SSSR count). The highest BCUT2D eigenvalue weighted by atomic mass is 16.5. The quantitative estimate of drug-likeness (QED) is 0.746. The molecule has 0 aliphatic heterocycles. The number of pyridine rings is 1. The molecule has 0 saturated heterocycles. The molecule has 1 N–H and O–H groups in total. The number of carbonyl (C=O) groups is 2. The second kappa shape index (κ2) is 8.37. The van der Waals surface area contributed by atoms with Crippen LogP contribution in [-0.4, -0.2) is 50.2 Å². The summed E-state index contributed by atoms with van der Waals surface area (Å²) in [5.74, 6) is -0.634. The third kappa shape index (κ3) is 4.29. The van der Waals surface area contributed by atoms with E-state index < -0.39 is 5.97 Å². The van der Waals surface area contributed by atoms with Gasteiger partial charge in [-0.05, 0) is 44.7 Å². The molecule has 2 heterocycles. The maximum Gasteiger partial charge on any atom is 0.309 e. The minimum absolute atomic E-state index is 0.0664. The number of hydrogen-bond donors (Lipinski definition) is 1. The van der Waals surface area contributed by atoms with Crippen molar-refractivity contribution in [3.63, 3.8) is 0 Å². The van der Waals surface area contributed by atoms with Crippen LogP contribution >= 0.6 is 0 Å². The van der Waals surface area contributed by atoms with E-state index in [0.717, 1.165) is 19.3 Å². The topological polar surface area (TPSA) is 116 Å². The number of carbonyl (C=O) groups excluding carboxylic acids is 1. The highest BCUT2D eigenvalue weighted by molar-refractivity contribution is 5.73. The number of esters is 1. The molecule has 1 saturated carbocycles. The Bertz CT molecular complexity index is 879. The van der Waals surface area contributed by atoms with Gasteiger partial charge >= 0.3 is 11.9 Å². The number of ether oxygens (including phenoxy) is 2. The largest absolute Gasteiger partial charge is 0.489 e.